The minimum atomic E-state index is -0.512. The molecule has 1 aromatic carbocycles. The highest BCUT2D eigenvalue weighted by atomic mass is 35.5. The van der Waals surface area contributed by atoms with E-state index in [0.717, 1.165) is 12.8 Å². The number of rotatable bonds is 5. The van der Waals surface area contributed by atoms with E-state index < -0.39 is 11.8 Å². The van der Waals surface area contributed by atoms with Gasteiger partial charge in [-0.15, -0.1) is 0 Å². The van der Waals surface area contributed by atoms with Crippen LogP contribution in [-0.4, -0.2) is 31.1 Å². The second-order valence-corrected chi connectivity index (χ2v) is 6.43. The monoisotopic (exact) mass is 382 g/mol. The Kier molecular flexibility index (Phi) is 5.63. The van der Waals surface area contributed by atoms with Gasteiger partial charge in [0.25, 0.3) is 11.8 Å². The number of nitrogens with one attached hydrogen (secondary N) is 2. The van der Waals surface area contributed by atoms with Crippen molar-refractivity contribution in [2.24, 2.45) is 0 Å². The van der Waals surface area contributed by atoms with Crippen LogP contribution >= 0.6 is 23.2 Å². The topological polar surface area (TPSA) is 80.6 Å². The Morgan fingerprint density at radius 1 is 1.24 bits per heavy atom. The molecule has 1 aromatic heterocycles. The molecule has 1 fully saturated rings. The molecular formula is C17H16Cl2N2O4. The van der Waals surface area contributed by atoms with Gasteiger partial charge < -0.3 is 19.8 Å². The highest BCUT2D eigenvalue weighted by Gasteiger charge is 2.21. The maximum atomic E-state index is 12.5. The molecule has 0 aliphatic carbocycles. The van der Waals surface area contributed by atoms with Gasteiger partial charge in [0.1, 0.15) is 0 Å². The molecule has 2 N–H and O–H groups in total. The molecule has 0 unspecified atom stereocenters. The Morgan fingerprint density at radius 3 is 2.76 bits per heavy atom. The lowest BCUT2D eigenvalue weighted by atomic mass is 10.1. The number of anilines is 1. The van der Waals surface area contributed by atoms with Crippen molar-refractivity contribution in [3.8, 4) is 0 Å². The third-order valence-corrected chi connectivity index (χ3v) is 4.31. The second-order valence-electron chi connectivity index (χ2n) is 5.59. The van der Waals surface area contributed by atoms with Crippen molar-refractivity contribution in [2.45, 2.75) is 18.9 Å². The number of furan rings is 1. The highest BCUT2D eigenvalue weighted by molar-refractivity contribution is 6.38. The quantitative estimate of drug-likeness (QED) is 0.824. The first kappa shape index (κ1) is 17.8. The van der Waals surface area contributed by atoms with E-state index in [2.05, 4.69) is 10.6 Å². The highest BCUT2D eigenvalue weighted by Crippen LogP contribution is 2.31. The molecule has 25 heavy (non-hydrogen) atoms. The number of benzene rings is 1. The number of hydrogen-bond donors (Lipinski definition) is 2. The van der Waals surface area contributed by atoms with E-state index >= 15 is 0 Å². The summed E-state index contributed by atoms with van der Waals surface area (Å²) in [5.41, 5.74) is 0.354. The maximum absolute atomic E-state index is 12.5. The molecule has 3 rings (SSSR count). The normalized spacial score (nSPS) is 16.6. The summed E-state index contributed by atoms with van der Waals surface area (Å²) in [5.74, 6) is -0.797. The molecule has 2 heterocycles. The van der Waals surface area contributed by atoms with Gasteiger partial charge in [0.05, 0.1) is 28.6 Å². The van der Waals surface area contributed by atoms with Crippen LogP contribution in [-0.2, 0) is 4.74 Å². The van der Waals surface area contributed by atoms with Crippen LogP contribution in [0.3, 0.4) is 0 Å². The van der Waals surface area contributed by atoms with Gasteiger partial charge in [-0.3, -0.25) is 9.59 Å². The number of hydrogen-bond acceptors (Lipinski definition) is 4. The van der Waals surface area contributed by atoms with E-state index in [1.165, 1.54) is 24.5 Å². The molecular weight excluding hydrogens is 367 g/mol. The van der Waals surface area contributed by atoms with E-state index in [1.54, 1.807) is 6.07 Å². The molecule has 2 amide bonds. The van der Waals surface area contributed by atoms with Gasteiger partial charge in [0, 0.05) is 18.2 Å². The molecule has 0 spiro atoms. The number of ether oxygens (including phenoxy) is 1. The van der Waals surface area contributed by atoms with E-state index in [-0.39, 0.29) is 28.1 Å². The van der Waals surface area contributed by atoms with Crippen molar-refractivity contribution in [1.29, 1.82) is 0 Å². The summed E-state index contributed by atoms with van der Waals surface area (Å²) in [4.78, 5) is 24.7. The molecule has 132 valence electrons. The maximum Gasteiger partial charge on any atom is 0.291 e. The predicted molar refractivity (Wildman–Crippen MR) is 94.4 cm³/mol. The Morgan fingerprint density at radius 2 is 2.08 bits per heavy atom. The van der Waals surface area contributed by atoms with Gasteiger partial charge in [0.2, 0.25) is 0 Å². The number of carbonyl (C=O) groups is 2. The lowest BCUT2D eigenvalue weighted by Gasteiger charge is -2.15. The third-order valence-electron chi connectivity index (χ3n) is 3.80. The Balaban J connectivity index is 1.79. The molecule has 1 atom stereocenters. The average Bonchev–Trinajstić information content (AvgIpc) is 3.28. The van der Waals surface area contributed by atoms with Crippen molar-refractivity contribution >= 4 is 40.7 Å². The summed E-state index contributed by atoms with van der Waals surface area (Å²) in [6.45, 7) is 1.09. The van der Waals surface area contributed by atoms with Crippen LogP contribution in [0, 0.1) is 0 Å². The number of halogens is 2. The standard InChI is InChI=1S/C17H16Cl2N2O4/c18-10-7-12(16(22)20-9-11-3-1-5-24-11)15(13(19)8-10)21-17(23)14-4-2-6-25-14/h2,4,6-8,11H,1,3,5,9H2,(H,20,22)(H,21,23)/t11-/m0/s1. The van der Waals surface area contributed by atoms with Gasteiger partial charge in [-0.1, -0.05) is 23.2 Å². The molecule has 8 heteroatoms. The largest absolute Gasteiger partial charge is 0.459 e. The van der Waals surface area contributed by atoms with Crippen molar-refractivity contribution in [2.75, 3.05) is 18.5 Å². The number of carbonyl (C=O) groups excluding carboxylic acids is 2. The Hall–Kier alpha value is -2.02. The zero-order valence-electron chi connectivity index (χ0n) is 13.2. The first-order valence-corrected chi connectivity index (χ1v) is 8.54. The zero-order chi connectivity index (χ0) is 17.8. The predicted octanol–water partition coefficient (Wildman–Crippen LogP) is 3.75. The van der Waals surface area contributed by atoms with Gasteiger partial charge in [-0.25, -0.2) is 0 Å². The molecule has 0 saturated carbocycles. The fraction of sp³-hybridized carbons (Fsp3) is 0.294. The van der Waals surface area contributed by atoms with E-state index in [0.29, 0.717) is 18.2 Å². The van der Waals surface area contributed by atoms with Gasteiger partial charge in [-0.2, -0.15) is 0 Å². The fourth-order valence-electron chi connectivity index (χ4n) is 2.57. The number of amides is 2. The van der Waals surface area contributed by atoms with Crippen molar-refractivity contribution in [3.05, 3.63) is 51.9 Å². The van der Waals surface area contributed by atoms with Crippen LogP contribution in [0.5, 0.6) is 0 Å². The third kappa shape index (κ3) is 4.34. The van der Waals surface area contributed by atoms with Crippen LogP contribution in [0.4, 0.5) is 5.69 Å². The van der Waals surface area contributed by atoms with E-state index in [1.807, 2.05) is 0 Å². The van der Waals surface area contributed by atoms with Crippen LogP contribution in [0.25, 0.3) is 0 Å². The molecule has 1 saturated heterocycles. The smallest absolute Gasteiger partial charge is 0.291 e. The van der Waals surface area contributed by atoms with Crippen LogP contribution in [0.15, 0.2) is 34.9 Å². The molecule has 1 aliphatic heterocycles. The Labute approximate surface area is 154 Å². The van der Waals surface area contributed by atoms with Crippen molar-refractivity contribution in [1.82, 2.24) is 5.32 Å². The Bertz CT molecular complexity index is 771. The van der Waals surface area contributed by atoms with Crippen LogP contribution in [0.1, 0.15) is 33.8 Å². The van der Waals surface area contributed by atoms with Gasteiger partial charge in [-0.05, 0) is 37.1 Å². The summed E-state index contributed by atoms with van der Waals surface area (Å²) in [7, 11) is 0. The van der Waals surface area contributed by atoms with E-state index in [9.17, 15) is 9.59 Å². The van der Waals surface area contributed by atoms with Crippen LogP contribution in [0.2, 0.25) is 10.0 Å². The SMILES string of the molecule is O=C(Nc1c(Cl)cc(Cl)cc1C(=O)NC[C@@H]1CCCO1)c1ccco1. The summed E-state index contributed by atoms with van der Waals surface area (Å²) < 4.78 is 10.5. The molecule has 0 bridgehead atoms. The fourth-order valence-corrected chi connectivity index (χ4v) is 3.11. The van der Waals surface area contributed by atoms with E-state index in [4.69, 9.17) is 32.4 Å². The van der Waals surface area contributed by atoms with Crippen molar-refractivity contribution < 1.29 is 18.7 Å². The van der Waals surface area contributed by atoms with Crippen LogP contribution < -0.4 is 10.6 Å². The molecule has 0 radical (unpaired) electrons. The minimum Gasteiger partial charge on any atom is -0.459 e. The van der Waals surface area contributed by atoms with Gasteiger partial charge in [0.15, 0.2) is 5.76 Å². The summed E-state index contributed by atoms with van der Waals surface area (Å²) in [5, 5.41) is 5.85. The lowest BCUT2D eigenvalue weighted by molar-refractivity contribution is 0.0858. The lowest BCUT2D eigenvalue weighted by Crippen LogP contribution is -2.32. The average molecular weight is 383 g/mol. The molecule has 2 aromatic rings. The summed E-state index contributed by atoms with van der Waals surface area (Å²) in [6, 6.07) is 6.01. The second kappa shape index (κ2) is 7.91. The first-order valence-electron chi connectivity index (χ1n) is 7.78. The molecule has 6 nitrogen and oxygen atoms in total. The summed E-state index contributed by atoms with van der Waals surface area (Å²) >= 11 is 12.2. The van der Waals surface area contributed by atoms with Gasteiger partial charge >= 0.3 is 0 Å². The minimum absolute atomic E-state index is 0.000217. The first-order chi connectivity index (χ1) is 12.0. The summed E-state index contributed by atoms with van der Waals surface area (Å²) in [6.07, 6.45) is 3.26. The zero-order valence-corrected chi connectivity index (χ0v) is 14.7. The van der Waals surface area contributed by atoms with Crippen molar-refractivity contribution in [3.63, 3.8) is 0 Å². The molecule has 1 aliphatic rings.